The molecule has 1 aliphatic rings. The van der Waals surface area contributed by atoms with E-state index in [1.165, 1.54) is 0 Å². The predicted molar refractivity (Wildman–Crippen MR) is 47.8 cm³/mol. The van der Waals surface area contributed by atoms with Crippen LogP contribution in [-0.4, -0.2) is 11.9 Å². The van der Waals surface area contributed by atoms with E-state index in [9.17, 15) is 9.59 Å². The molecular formula is C10H14O3. The van der Waals surface area contributed by atoms with Gasteiger partial charge in [0.2, 0.25) is 0 Å². The minimum atomic E-state index is -0.395. The summed E-state index contributed by atoms with van der Waals surface area (Å²) in [6.45, 7) is 4.13. The van der Waals surface area contributed by atoms with Crippen LogP contribution < -0.4 is 0 Å². The van der Waals surface area contributed by atoms with Crippen LogP contribution in [0.25, 0.3) is 0 Å². The molecule has 0 aliphatic carbocycles. The van der Waals surface area contributed by atoms with E-state index >= 15 is 0 Å². The second kappa shape index (κ2) is 4.21. The van der Waals surface area contributed by atoms with Crippen molar-refractivity contribution >= 4 is 11.9 Å². The molecule has 0 aromatic carbocycles. The van der Waals surface area contributed by atoms with Gasteiger partial charge in [-0.15, -0.1) is 0 Å². The molecule has 0 aromatic rings. The van der Waals surface area contributed by atoms with Gasteiger partial charge in [-0.3, -0.25) is 9.59 Å². The van der Waals surface area contributed by atoms with Gasteiger partial charge in [0.15, 0.2) is 0 Å². The molecule has 1 aliphatic heterocycles. The number of carbonyl (C=O) groups is 2. The van der Waals surface area contributed by atoms with Crippen LogP contribution >= 0.6 is 0 Å². The topological polar surface area (TPSA) is 43.4 Å². The summed E-state index contributed by atoms with van der Waals surface area (Å²) in [5, 5.41) is 0. The van der Waals surface area contributed by atoms with Crippen LogP contribution in [0.4, 0.5) is 0 Å². The molecule has 0 amide bonds. The normalized spacial score (nSPS) is 23.2. The number of esters is 2. The van der Waals surface area contributed by atoms with Crippen molar-refractivity contribution in [2.45, 2.75) is 26.7 Å². The highest BCUT2D eigenvalue weighted by Gasteiger charge is 2.31. The molecule has 0 bridgehead atoms. The summed E-state index contributed by atoms with van der Waals surface area (Å²) in [5.74, 6) is -0.540. The molecule has 13 heavy (non-hydrogen) atoms. The number of rotatable bonds is 3. The van der Waals surface area contributed by atoms with Crippen molar-refractivity contribution in [3.8, 4) is 0 Å². The van der Waals surface area contributed by atoms with Crippen molar-refractivity contribution in [1.29, 1.82) is 0 Å². The molecule has 1 rings (SSSR count). The van der Waals surface area contributed by atoms with Crippen molar-refractivity contribution in [3.05, 3.63) is 12.2 Å². The maximum absolute atomic E-state index is 11.0. The maximum Gasteiger partial charge on any atom is 0.317 e. The molecule has 0 radical (unpaired) electrons. The van der Waals surface area contributed by atoms with Crippen molar-refractivity contribution in [1.82, 2.24) is 0 Å². The Balaban J connectivity index is 2.38. The molecule has 3 nitrogen and oxygen atoms in total. The molecule has 0 aromatic heterocycles. The van der Waals surface area contributed by atoms with E-state index in [-0.39, 0.29) is 18.3 Å². The monoisotopic (exact) mass is 182 g/mol. The van der Waals surface area contributed by atoms with E-state index in [0.717, 1.165) is 0 Å². The summed E-state index contributed by atoms with van der Waals surface area (Å²) in [4.78, 5) is 21.7. The smallest absolute Gasteiger partial charge is 0.317 e. The van der Waals surface area contributed by atoms with E-state index in [0.29, 0.717) is 12.3 Å². The number of hydrogen-bond acceptors (Lipinski definition) is 3. The highest BCUT2D eigenvalue weighted by molar-refractivity contribution is 5.94. The van der Waals surface area contributed by atoms with E-state index in [1.54, 1.807) is 0 Å². The van der Waals surface area contributed by atoms with Gasteiger partial charge in [-0.25, -0.2) is 0 Å². The first-order valence-corrected chi connectivity index (χ1v) is 4.50. The molecular weight excluding hydrogens is 168 g/mol. The van der Waals surface area contributed by atoms with E-state index in [1.807, 2.05) is 12.2 Å². The van der Waals surface area contributed by atoms with Gasteiger partial charge < -0.3 is 4.74 Å². The third-order valence-corrected chi connectivity index (χ3v) is 1.90. The van der Waals surface area contributed by atoms with Gasteiger partial charge in [-0.05, 0) is 12.3 Å². The fourth-order valence-electron chi connectivity index (χ4n) is 1.22. The van der Waals surface area contributed by atoms with Crippen LogP contribution in [-0.2, 0) is 14.3 Å². The lowest BCUT2D eigenvalue weighted by molar-refractivity contribution is -0.153. The first-order valence-electron chi connectivity index (χ1n) is 4.50. The standard InChI is InChI=1S/C10H14O3/c1-7(2)4-3-5-8-6-9(11)13-10(8)12/h3-4,7-8H,5-6H2,1-2H3. The summed E-state index contributed by atoms with van der Waals surface area (Å²) in [6, 6.07) is 0. The van der Waals surface area contributed by atoms with E-state index < -0.39 is 5.97 Å². The van der Waals surface area contributed by atoms with Gasteiger partial charge in [0.1, 0.15) is 0 Å². The Labute approximate surface area is 77.8 Å². The van der Waals surface area contributed by atoms with Gasteiger partial charge in [0, 0.05) is 0 Å². The zero-order chi connectivity index (χ0) is 9.84. The van der Waals surface area contributed by atoms with Crippen molar-refractivity contribution in [2.75, 3.05) is 0 Å². The number of carbonyl (C=O) groups excluding carboxylic acids is 2. The molecule has 0 spiro atoms. The SMILES string of the molecule is CC(C)C=CCC1CC(=O)OC1=O. The summed E-state index contributed by atoms with van der Waals surface area (Å²) < 4.78 is 4.42. The number of allylic oxidation sites excluding steroid dienone is 2. The molecule has 0 saturated carbocycles. The van der Waals surface area contributed by atoms with Crippen LogP contribution in [0.3, 0.4) is 0 Å². The molecule has 0 N–H and O–H groups in total. The largest absolute Gasteiger partial charge is 0.393 e. The molecule has 1 saturated heterocycles. The second-order valence-electron chi connectivity index (χ2n) is 3.60. The average molecular weight is 182 g/mol. The predicted octanol–water partition coefficient (Wildman–Crippen LogP) is 1.68. The molecule has 1 heterocycles. The van der Waals surface area contributed by atoms with Gasteiger partial charge in [-0.2, -0.15) is 0 Å². The van der Waals surface area contributed by atoms with E-state index in [2.05, 4.69) is 18.6 Å². The van der Waals surface area contributed by atoms with Crippen LogP contribution in [0.1, 0.15) is 26.7 Å². The minimum Gasteiger partial charge on any atom is -0.393 e. The molecule has 1 unspecified atom stereocenters. The van der Waals surface area contributed by atoms with Crippen molar-refractivity contribution in [3.63, 3.8) is 0 Å². The quantitative estimate of drug-likeness (QED) is 0.379. The third-order valence-electron chi connectivity index (χ3n) is 1.90. The fraction of sp³-hybridized carbons (Fsp3) is 0.600. The van der Waals surface area contributed by atoms with Gasteiger partial charge in [-0.1, -0.05) is 26.0 Å². The van der Waals surface area contributed by atoms with Gasteiger partial charge >= 0.3 is 11.9 Å². The van der Waals surface area contributed by atoms with Gasteiger partial charge in [0.05, 0.1) is 12.3 Å². The average Bonchev–Trinajstić information content (AvgIpc) is 2.29. The Bertz CT molecular complexity index is 241. The van der Waals surface area contributed by atoms with E-state index in [4.69, 9.17) is 0 Å². The summed E-state index contributed by atoms with van der Waals surface area (Å²) in [5.41, 5.74) is 0. The number of hydrogen-bond donors (Lipinski definition) is 0. The lowest BCUT2D eigenvalue weighted by atomic mass is 10.0. The summed E-state index contributed by atoms with van der Waals surface area (Å²) >= 11 is 0. The number of cyclic esters (lactones) is 2. The zero-order valence-electron chi connectivity index (χ0n) is 7.95. The first kappa shape index (κ1) is 9.96. The Hall–Kier alpha value is -1.12. The van der Waals surface area contributed by atoms with Crippen LogP contribution in [0, 0.1) is 11.8 Å². The molecule has 1 fully saturated rings. The lowest BCUT2D eigenvalue weighted by Crippen LogP contribution is -2.05. The zero-order valence-corrected chi connectivity index (χ0v) is 7.95. The van der Waals surface area contributed by atoms with Crippen LogP contribution in [0.15, 0.2) is 12.2 Å². The first-order chi connectivity index (χ1) is 6.09. The lowest BCUT2D eigenvalue weighted by Gasteiger charge is -1.98. The second-order valence-corrected chi connectivity index (χ2v) is 3.60. The Morgan fingerprint density at radius 1 is 1.54 bits per heavy atom. The summed E-state index contributed by atoms with van der Waals surface area (Å²) in [6.07, 6.45) is 4.81. The Morgan fingerprint density at radius 3 is 2.69 bits per heavy atom. The van der Waals surface area contributed by atoms with Crippen LogP contribution in [0.2, 0.25) is 0 Å². The molecule has 72 valence electrons. The fourth-order valence-corrected chi connectivity index (χ4v) is 1.22. The van der Waals surface area contributed by atoms with Gasteiger partial charge in [0.25, 0.3) is 0 Å². The molecule has 1 atom stereocenters. The third kappa shape index (κ3) is 3.01. The summed E-state index contributed by atoms with van der Waals surface area (Å²) in [7, 11) is 0. The highest BCUT2D eigenvalue weighted by Crippen LogP contribution is 2.19. The Kier molecular flexibility index (Phi) is 3.23. The Morgan fingerprint density at radius 2 is 2.23 bits per heavy atom. The van der Waals surface area contributed by atoms with Crippen molar-refractivity contribution < 1.29 is 14.3 Å². The molecule has 3 heteroatoms. The minimum absolute atomic E-state index is 0.237. The van der Waals surface area contributed by atoms with Crippen LogP contribution in [0.5, 0.6) is 0 Å². The number of ether oxygens (including phenoxy) is 1. The maximum atomic E-state index is 11.0. The van der Waals surface area contributed by atoms with Crippen molar-refractivity contribution in [2.24, 2.45) is 11.8 Å². The highest BCUT2D eigenvalue weighted by atomic mass is 16.6.